The van der Waals surface area contributed by atoms with Gasteiger partial charge in [-0.2, -0.15) is 0 Å². The van der Waals surface area contributed by atoms with E-state index in [1.807, 2.05) is 12.1 Å². The van der Waals surface area contributed by atoms with Gasteiger partial charge in [0.05, 0.1) is 6.61 Å². The normalized spacial score (nSPS) is 10.9. The Balaban J connectivity index is 1.43. The molecular weight excluding hydrogens is 520 g/mol. The number of fused-ring (bicyclic) bond motifs is 2. The minimum atomic E-state index is -0.427. The number of unbranched alkanes of at least 4 members (excludes halogenated alkanes) is 2. The standard InChI is InChI=1S/C38H34O4/c1-3-35(39)41-25-11-5-6-12-27-17-21-29(22-18-27)37-31-13-7-9-15-33(31)38(34-16-10-8-14-32(34)37)30-23-19-28(20-24-30)26-42-36(40)4-2/h3-4,7-10,13-24H,1-2,5-6,11-12,25-26H2. The minimum Gasteiger partial charge on any atom is -0.463 e. The first-order chi connectivity index (χ1) is 20.6. The van der Waals surface area contributed by atoms with E-state index in [4.69, 9.17) is 9.47 Å². The lowest BCUT2D eigenvalue weighted by Gasteiger charge is -2.18. The van der Waals surface area contributed by atoms with Gasteiger partial charge in [0, 0.05) is 12.2 Å². The minimum absolute atomic E-state index is 0.215. The molecule has 5 aromatic carbocycles. The van der Waals surface area contributed by atoms with E-state index in [1.165, 1.54) is 56.0 Å². The molecule has 4 heteroatoms. The van der Waals surface area contributed by atoms with Crippen LogP contribution in [0.5, 0.6) is 0 Å². The highest BCUT2D eigenvalue weighted by molar-refractivity contribution is 6.21. The van der Waals surface area contributed by atoms with Gasteiger partial charge >= 0.3 is 11.9 Å². The van der Waals surface area contributed by atoms with Gasteiger partial charge in [0.1, 0.15) is 6.61 Å². The van der Waals surface area contributed by atoms with Gasteiger partial charge in [0.2, 0.25) is 0 Å². The Morgan fingerprint density at radius 1 is 0.548 bits per heavy atom. The van der Waals surface area contributed by atoms with Gasteiger partial charge < -0.3 is 9.47 Å². The number of esters is 2. The summed E-state index contributed by atoms with van der Waals surface area (Å²) in [5.74, 6) is -0.788. The number of hydrogen-bond donors (Lipinski definition) is 0. The summed E-state index contributed by atoms with van der Waals surface area (Å²) in [5.41, 5.74) is 6.94. The highest BCUT2D eigenvalue weighted by atomic mass is 16.5. The summed E-state index contributed by atoms with van der Waals surface area (Å²) in [7, 11) is 0. The maximum absolute atomic E-state index is 11.5. The van der Waals surface area contributed by atoms with E-state index in [1.54, 1.807) is 0 Å². The number of rotatable bonds is 12. The number of carbonyl (C=O) groups excluding carboxylic acids is 2. The van der Waals surface area contributed by atoms with Gasteiger partial charge in [0.15, 0.2) is 0 Å². The van der Waals surface area contributed by atoms with Gasteiger partial charge in [-0.3, -0.25) is 0 Å². The second-order valence-corrected chi connectivity index (χ2v) is 10.2. The van der Waals surface area contributed by atoms with Crippen molar-refractivity contribution >= 4 is 33.5 Å². The lowest BCUT2D eigenvalue weighted by molar-refractivity contribution is -0.139. The van der Waals surface area contributed by atoms with E-state index in [0.29, 0.717) is 6.61 Å². The maximum Gasteiger partial charge on any atom is 0.330 e. The van der Waals surface area contributed by atoms with E-state index < -0.39 is 5.97 Å². The Hall–Kier alpha value is -4.96. The topological polar surface area (TPSA) is 52.6 Å². The van der Waals surface area contributed by atoms with E-state index in [0.717, 1.165) is 36.8 Å². The zero-order chi connectivity index (χ0) is 29.3. The molecule has 0 amide bonds. The van der Waals surface area contributed by atoms with Gasteiger partial charge in [-0.25, -0.2) is 9.59 Å². The molecule has 4 nitrogen and oxygen atoms in total. The van der Waals surface area contributed by atoms with Gasteiger partial charge in [-0.05, 0) is 80.6 Å². The van der Waals surface area contributed by atoms with Crippen molar-refractivity contribution in [1.82, 2.24) is 0 Å². The molecule has 0 radical (unpaired) electrons. The second-order valence-electron chi connectivity index (χ2n) is 10.2. The van der Waals surface area contributed by atoms with E-state index in [2.05, 4.69) is 98.1 Å². The molecule has 42 heavy (non-hydrogen) atoms. The summed E-state index contributed by atoms with van der Waals surface area (Å²) in [4.78, 5) is 22.7. The van der Waals surface area contributed by atoms with Gasteiger partial charge in [-0.1, -0.05) is 110 Å². The highest BCUT2D eigenvalue weighted by Gasteiger charge is 2.16. The molecule has 210 valence electrons. The Labute approximate surface area is 246 Å². The van der Waals surface area contributed by atoms with Crippen LogP contribution in [0.1, 0.15) is 30.4 Å². The molecule has 0 saturated carbocycles. The SMILES string of the molecule is C=CC(=O)OCCCCCc1ccc(-c2c3ccccc3c(-c3ccc(COC(=O)C=C)cc3)c3ccccc23)cc1. The molecule has 0 N–H and O–H groups in total. The van der Waals surface area contributed by atoms with Crippen molar-refractivity contribution in [1.29, 1.82) is 0 Å². The molecule has 0 heterocycles. The number of benzene rings is 5. The number of ether oxygens (including phenoxy) is 2. The Kier molecular flexibility index (Phi) is 9.25. The van der Waals surface area contributed by atoms with E-state index >= 15 is 0 Å². The molecule has 0 aromatic heterocycles. The zero-order valence-electron chi connectivity index (χ0n) is 23.7. The number of hydrogen-bond acceptors (Lipinski definition) is 4. The second kappa shape index (κ2) is 13.6. The maximum atomic E-state index is 11.5. The lowest BCUT2D eigenvalue weighted by Crippen LogP contribution is -2.01. The van der Waals surface area contributed by atoms with Crippen LogP contribution in [0, 0.1) is 0 Å². The molecule has 0 aliphatic heterocycles. The summed E-state index contributed by atoms with van der Waals surface area (Å²) >= 11 is 0. The van der Waals surface area contributed by atoms with Crippen LogP contribution >= 0.6 is 0 Å². The van der Waals surface area contributed by atoms with Crippen LogP contribution in [-0.4, -0.2) is 18.5 Å². The molecule has 5 aromatic rings. The summed E-state index contributed by atoms with van der Waals surface area (Å²) < 4.78 is 10.3. The average Bonchev–Trinajstić information content (AvgIpc) is 3.04. The third-order valence-corrected chi connectivity index (χ3v) is 7.49. The van der Waals surface area contributed by atoms with Crippen molar-refractivity contribution in [3.8, 4) is 22.3 Å². The smallest absolute Gasteiger partial charge is 0.330 e. The van der Waals surface area contributed by atoms with Gasteiger partial charge in [0.25, 0.3) is 0 Å². The average molecular weight is 555 g/mol. The fraction of sp³-hybridized carbons (Fsp3) is 0.158. The first kappa shape index (κ1) is 28.6. The predicted molar refractivity (Wildman–Crippen MR) is 171 cm³/mol. The molecule has 0 atom stereocenters. The van der Waals surface area contributed by atoms with Crippen LogP contribution in [0.3, 0.4) is 0 Å². The van der Waals surface area contributed by atoms with Crippen molar-refractivity contribution in [2.75, 3.05) is 6.61 Å². The Morgan fingerprint density at radius 2 is 1.00 bits per heavy atom. The summed E-state index contributed by atoms with van der Waals surface area (Å²) in [6, 6.07) is 34.3. The highest BCUT2D eigenvalue weighted by Crippen LogP contribution is 2.43. The summed E-state index contributed by atoms with van der Waals surface area (Å²) in [5, 5.41) is 4.80. The zero-order valence-corrected chi connectivity index (χ0v) is 23.7. The first-order valence-electron chi connectivity index (χ1n) is 14.3. The number of aryl methyl sites for hydroxylation is 1. The van der Waals surface area contributed by atoms with Crippen LogP contribution in [0.25, 0.3) is 43.8 Å². The van der Waals surface area contributed by atoms with E-state index in [9.17, 15) is 9.59 Å². The van der Waals surface area contributed by atoms with Crippen molar-refractivity contribution in [2.45, 2.75) is 32.3 Å². The van der Waals surface area contributed by atoms with Crippen LogP contribution in [-0.2, 0) is 32.1 Å². The molecule has 5 rings (SSSR count). The molecule has 0 spiro atoms. The Morgan fingerprint density at radius 3 is 1.48 bits per heavy atom. The van der Waals surface area contributed by atoms with Crippen molar-refractivity contribution in [2.24, 2.45) is 0 Å². The van der Waals surface area contributed by atoms with Crippen molar-refractivity contribution < 1.29 is 19.1 Å². The first-order valence-corrected chi connectivity index (χ1v) is 14.3. The molecular formula is C38H34O4. The largest absolute Gasteiger partial charge is 0.463 e. The third-order valence-electron chi connectivity index (χ3n) is 7.49. The summed E-state index contributed by atoms with van der Waals surface area (Å²) in [6.07, 6.45) is 6.26. The number of carbonyl (C=O) groups is 2. The van der Waals surface area contributed by atoms with Crippen LogP contribution < -0.4 is 0 Å². The third kappa shape index (κ3) is 6.50. The predicted octanol–water partition coefficient (Wildman–Crippen LogP) is 9.00. The van der Waals surface area contributed by atoms with E-state index in [-0.39, 0.29) is 12.6 Å². The van der Waals surface area contributed by atoms with Crippen LogP contribution in [0.15, 0.2) is 122 Å². The molecule has 0 unspecified atom stereocenters. The molecule has 0 fully saturated rings. The fourth-order valence-corrected chi connectivity index (χ4v) is 5.41. The van der Waals surface area contributed by atoms with Crippen LogP contribution in [0.2, 0.25) is 0 Å². The molecule has 0 saturated heterocycles. The molecule has 0 aliphatic carbocycles. The monoisotopic (exact) mass is 554 g/mol. The fourth-order valence-electron chi connectivity index (χ4n) is 5.41. The quantitative estimate of drug-likeness (QED) is 0.0668. The lowest BCUT2D eigenvalue weighted by atomic mass is 9.85. The van der Waals surface area contributed by atoms with Crippen LogP contribution in [0.4, 0.5) is 0 Å². The Bertz CT molecular complexity index is 1670. The van der Waals surface area contributed by atoms with Crippen molar-refractivity contribution in [3.63, 3.8) is 0 Å². The summed E-state index contributed by atoms with van der Waals surface area (Å²) in [6.45, 7) is 7.53. The molecule has 0 bridgehead atoms. The van der Waals surface area contributed by atoms with Gasteiger partial charge in [-0.15, -0.1) is 0 Å². The van der Waals surface area contributed by atoms with Crippen molar-refractivity contribution in [3.05, 3.63) is 133 Å². The molecule has 0 aliphatic rings.